The Labute approximate surface area is 67.3 Å². The van der Waals surface area contributed by atoms with E-state index in [0.717, 1.165) is 6.42 Å². The Bertz CT molecular complexity index is 165. The van der Waals surface area contributed by atoms with Crippen molar-refractivity contribution in [2.45, 2.75) is 32.7 Å². The Morgan fingerprint density at radius 2 is 2.27 bits per heavy atom. The maximum atomic E-state index is 11.0. The first kappa shape index (κ1) is 8.53. The molecule has 0 bridgehead atoms. The van der Waals surface area contributed by atoms with Gasteiger partial charge in [0.25, 0.3) is 0 Å². The Balaban J connectivity index is 2.18. The highest BCUT2D eigenvalue weighted by Gasteiger charge is 2.46. The predicted molar refractivity (Wildman–Crippen MR) is 44.0 cm³/mol. The quantitative estimate of drug-likeness (QED) is 0.615. The van der Waals surface area contributed by atoms with Gasteiger partial charge in [0, 0.05) is 19.0 Å². The number of carbonyl (C=O) groups is 1. The summed E-state index contributed by atoms with van der Waals surface area (Å²) in [7, 11) is 0. The smallest absolute Gasteiger partial charge is 0.221 e. The third-order valence-corrected chi connectivity index (χ3v) is 2.22. The van der Waals surface area contributed by atoms with E-state index in [1.165, 1.54) is 0 Å². The molecule has 1 amide bonds. The Hall–Kier alpha value is -0.570. The van der Waals surface area contributed by atoms with E-state index in [0.29, 0.717) is 24.4 Å². The highest BCUT2D eigenvalue weighted by atomic mass is 16.1. The summed E-state index contributed by atoms with van der Waals surface area (Å²) in [4.78, 5) is 11.0. The fourth-order valence-corrected chi connectivity index (χ4v) is 1.11. The lowest BCUT2D eigenvalue weighted by Crippen LogP contribution is -2.29. The molecule has 1 aliphatic carbocycles. The van der Waals surface area contributed by atoms with E-state index in [-0.39, 0.29) is 5.91 Å². The molecular weight excluding hydrogens is 140 g/mol. The normalized spacial score (nSPS) is 26.3. The van der Waals surface area contributed by atoms with Crippen LogP contribution in [0.4, 0.5) is 0 Å². The summed E-state index contributed by atoms with van der Waals surface area (Å²) in [6.45, 7) is 4.75. The van der Waals surface area contributed by atoms with Crippen LogP contribution in [0.25, 0.3) is 0 Å². The van der Waals surface area contributed by atoms with Crippen LogP contribution < -0.4 is 11.1 Å². The number of nitrogens with two attached hydrogens (primary N) is 1. The molecule has 11 heavy (non-hydrogen) atoms. The number of amides is 1. The van der Waals surface area contributed by atoms with Crippen LogP contribution in [0.2, 0.25) is 0 Å². The molecular formula is C8H16N2O. The van der Waals surface area contributed by atoms with Crippen LogP contribution in [0.15, 0.2) is 0 Å². The molecule has 3 N–H and O–H groups in total. The van der Waals surface area contributed by atoms with Crippen molar-refractivity contribution in [3.63, 3.8) is 0 Å². The van der Waals surface area contributed by atoms with Gasteiger partial charge in [0.15, 0.2) is 0 Å². The van der Waals surface area contributed by atoms with Gasteiger partial charge in [-0.25, -0.2) is 0 Å². The van der Waals surface area contributed by atoms with Crippen LogP contribution in [-0.4, -0.2) is 18.5 Å². The Kier molecular flexibility index (Phi) is 2.18. The number of hydrogen-bond acceptors (Lipinski definition) is 2. The van der Waals surface area contributed by atoms with Gasteiger partial charge in [0.05, 0.1) is 0 Å². The van der Waals surface area contributed by atoms with Gasteiger partial charge in [0.1, 0.15) is 0 Å². The Morgan fingerprint density at radius 3 is 2.64 bits per heavy atom. The molecule has 3 nitrogen and oxygen atoms in total. The van der Waals surface area contributed by atoms with Gasteiger partial charge in [-0.1, -0.05) is 13.8 Å². The second-order valence-corrected chi connectivity index (χ2v) is 3.85. The molecule has 1 saturated carbocycles. The molecule has 0 aromatic heterocycles. The average molecular weight is 156 g/mol. The number of rotatable bonds is 3. The summed E-state index contributed by atoms with van der Waals surface area (Å²) in [6, 6.07) is 0.390. The lowest BCUT2D eigenvalue weighted by molar-refractivity contribution is -0.121. The Morgan fingerprint density at radius 1 is 1.73 bits per heavy atom. The van der Waals surface area contributed by atoms with Crippen molar-refractivity contribution in [1.82, 2.24) is 5.32 Å². The van der Waals surface area contributed by atoms with Crippen molar-refractivity contribution in [3.8, 4) is 0 Å². The van der Waals surface area contributed by atoms with E-state index in [9.17, 15) is 4.79 Å². The molecule has 1 fully saturated rings. The van der Waals surface area contributed by atoms with Crippen molar-refractivity contribution >= 4 is 5.91 Å². The maximum absolute atomic E-state index is 11.0. The zero-order chi connectivity index (χ0) is 8.48. The minimum atomic E-state index is 0.0862. The van der Waals surface area contributed by atoms with E-state index in [1.807, 2.05) is 0 Å². The van der Waals surface area contributed by atoms with Gasteiger partial charge in [-0.3, -0.25) is 4.79 Å². The monoisotopic (exact) mass is 156 g/mol. The molecule has 0 aromatic rings. The number of nitrogens with one attached hydrogen (secondary N) is 1. The van der Waals surface area contributed by atoms with E-state index in [2.05, 4.69) is 19.2 Å². The highest BCUT2D eigenvalue weighted by molar-refractivity contribution is 5.76. The standard InChI is InChI=1S/C8H16N2O/c1-8(2)5-6(8)10-7(11)3-4-9/h6H,3-5,9H2,1-2H3,(H,10,11). The molecule has 0 saturated heterocycles. The first-order valence-electron chi connectivity index (χ1n) is 4.06. The van der Waals surface area contributed by atoms with Crippen LogP contribution in [0.1, 0.15) is 26.7 Å². The molecule has 1 rings (SSSR count). The largest absolute Gasteiger partial charge is 0.353 e. The summed E-state index contributed by atoms with van der Waals surface area (Å²) in [6.07, 6.45) is 1.55. The second-order valence-electron chi connectivity index (χ2n) is 3.85. The van der Waals surface area contributed by atoms with Crippen LogP contribution in [-0.2, 0) is 4.79 Å². The lowest BCUT2D eigenvalue weighted by atomic mass is 10.2. The number of hydrogen-bond donors (Lipinski definition) is 2. The molecule has 0 aliphatic heterocycles. The molecule has 0 radical (unpaired) electrons. The molecule has 1 unspecified atom stereocenters. The van der Waals surface area contributed by atoms with Crippen molar-refractivity contribution in [1.29, 1.82) is 0 Å². The van der Waals surface area contributed by atoms with Gasteiger partial charge in [-0.05, 0) is 11.8 Å². The maximum Gasteiger partial charge on any atom is 0.221 e. The lowest BCUT2D eigenvalue weighted by Gasteiger charge is -2.04. The van der Waals surface area contributed by atoms with E-state index >= 15 is 0 Å². The molecule has 3 heteroatoms. The summed E-state index contributed by atoms with van der Waals surface area (Å²) in [5.41, 5.74) is 5.56. The van der Waals surface area contributed by atoms with Crippen LogP contribution in [0.5, 0.6) is 0 Å². The van der Waals surface area contributed by atoms with Gasteiger partial charge in [-0.2, -0.15) is 0 Å². The third-order valence-electron chi connectivity index (χ3n) is 2.22. The summed E-state index contributed by atoms with van der Waals surface area (Å²) in [5, 5.41) is 2.93. The van der Waals surface area contributed by atoms with Crippen molar-refractivity contribution in [2.75, 3.05) is 6.54 Å². The predicted octanol–water partition coefficient (Wildman–Crippen LogP) is 0.250. The summed E-state index contributed by atoms with van der Waals surface area (Å²) < 4.78 is 0. The minimum Gasteiger partial charge on any atom is -0.353 e. The van der Waals surface area contributed by atoms with Crippen molar-refractivity contribution in [2.24, 2.45) is 11.1 Å². The summed E-state index contributed by atoms with van der Waals surface area (Å²) in [5.74, 6) is 0.0862. The highest BCUT2D eigenvalue weighted by Crippen LogP contribution is 2.44. The minimum absolute atomic E-state index is 0.0862. The van der Waals surface area contributed by atoms with Crippen molar-refractivity contribution in [3.05, 3.63) is 0 Å². The van der Waals surface area contributed by atoms with Crippen molar-refractivity contribution < 1.29 is 4.79 Å². The van der Waals surface area contributed by atoms with Gasteiger partial charge in [0.2, 0.25) is 5.91 Å². The fraction of sp³-hybridized carbons (Fsp3) is 0.875. The summed E-state index contributed by atoms with van der Waals surface area (Å²) >= 11 is 0. The first-order chi connectivity index (χ1) is 5.06. The van der Waals surface area contributed by atoms with Crippen LogP contribution >= 0.6 is 0 Å². The van der Waals surface area contributed by atoms with Crippen LogP contribution in [0.3, 0.4) is 0 Å². The molecule has 0 spiro atoms. The average Bonchev–Trinajstić information content (AvgIpc) is 2.39. The van der Waals surface area contributed by atoms with Gasteiger partial charge in [-0.15, -0.1) is 0 Å². The topological polar surface area (TPSA) is 55.1 Å². The molecule has 64 valence electrons. The zero-order valence-corrected chi connectivity index (χ0v) is 7.18. The van der Waals surface area contributed by atoms with Gasteiger partial charge >= 0.3 is 0 Å². The van der Waals surface area contributed by atoms with Gasteiger partial charge < -0.3 is 11.1 Å². The SMILES string of the molecule is CC1(C)CC1NC(=O)CCN. The first-order valence-corrected chi connectivity index (χ1v) is 4.06. The number of carbonyl (C=O) groups excluding carboxylic acids is 1. The van der Waals surface area contributed by atoms with E-state index in [1.54, 1.807) is 0 Å². The molecule has 1 aliphatic rings. The van der Waals surface area contributed by atoms with Crippen LogP contribution in [0, 0.1) is 5.41 Å². The molecule has 0 heterocycles. The van der Waals surface area contributed by atoms with E-state index < -0.39 is 0 Å². The third kappa shape index (κ3) is 2.19. The molecule has 0 aromatic carbocycles. The second kappa shape index (κ2) is 2.81. The fourth-order valence-electron chi connectivity index (χ4n) is 1.11. The molecule has 1 atom stereocenters. The van der Waals surface area contributed by atoms with E-state index in [4.69, 9.17) is 5.73 Å². The zero-order valence-electron chi connectivity index (χ0n) is 7.18.